The first kappa shape index (κ1) is 20.7. The fraction of sp³-hybridized carbons (Fsp3) is 0.600. The van der Waals surface area contributed by atoms with Crippen LogP contribution >= 0.6 is 15.9 Å². The quantitative estimate of drug-likeness (QED) is 0.546. The number of hydrogen-bond donors (Lipinski definition) is 2. The Morgan fingerprint density at radius 3 is 2.81 bits per heavy atom. The molecule has 1 aliphatic heterocycles. The first-order valence-electron chi connectivity index (χ1n) is 9.44. The molecule has 1 fully saturated rings. The van der Waals surface area contributed by atoms with Gasteiger partial charge in [0.25, 0.3) is 0 Å². The van der Waals surface area contributed by atoms with Crippen molar-refractivity contribution in [3.63, 3.8) is 0 Å². The highest BCUT2D eigenvalue weighted by Crippen LogP contribution is 2.26. The van der Waals surface area contributed by atoms with Crippen molar-refractivity contribution in [2.24, 2.45) is 4.99 Å². The minimum atomic E-state index is -0.0635. The summed E-state index contributed by atoms with van der Waals surface area (Å²) in [4.78, 5) is 18.6. The SMILES string of the molecule is CCNC(=NCC(C)(C)c1cccc(Br)c1)NC1CCN(C(=O)CC)C1. The van der Waals surface area contributed by atoms with Gasteiger partial charge in [-0.3, -0.25) is 9.79 Å². The van der Waals surface area contributed by atoms with E-state index in [1.54, 1.807) is 0 Å². The molecule has 0 saturated carbocycles. The molecule has 0 bridgehead atoms. The molecule has 5 nitrogen and oxygen atoms in total. The predicted octanol–water partition coefficient (Wildman–Crippen LogP) is 3.29. The molecule has 2 N–H and O–H groups in total. The molecule has 2 rings (SSSR count). The lowest BCUT2D eigenvalue weighted by molar-refractivity contribution is -0.129. The standard InChI is InChI=1S/C20H31BrN4O/c1-5-18(26)25-11-10-17(13-25)24-19(22-6-2)23-14-20(3,4)15-8-7-9-16(21)12-15/h7-9,12,17H,5-6,10-11,13-14H2,1-4H3,(H2,22,23,24). The molecule has 0 spiro atoms. The van der Waals surface area contributed by atoms with Crippen LogP contribution in [0.25, 0.3) is 0 Å². The van der Waals surface area contributed by atoms with Gasteiger partial charge in [-0.15, -0.1) is 0 Å². The molecule has 144 valence electrons. The number of halogens is 1. The highest BCUT2D eigenvalue weighted by molar-refractivity contribution is 9.10. The maximum absolute atomic E-state index is 11.9. The Bertz CT molecular complexity index is 644. The molecular weight excluding hydrogens is 392 g/mol. The van der Waals surface area contributed by atoms with Crippen molar-refractivity contribution in [1.29, 1.82) is 0 Å². The Balaban J connectivity index is 2.01. The van der Waals surface area contributed by atoms with Crippen molar-refractivity contribution in [2.75, 3.05) is 26.2 Å². The van der Waals surface area contributed by atoms with E-state index in [1.807, 2.05) is 17.9 Å². The number of likely N-dealkylation sites (tertiary alicyclic amines) is 1. The Morgan fingerprint density at radius 2 is 2.15 bits per heavy atom. The van der Waals surface area contributed by atoms with E-state index in [2.05, 4.69) is 65.5 Å². The summed E-state index contributed by atoms with van der Waals surface area (Å²) in [5, 5.41) is 6.83. The van der Waals surface area contributed by atoms with Crippen LogP contribution < -0.4 is 10.6 Å². The van der Waals surface area contributed by atoms with Crippen LogP contribution in [0.1, 0.15) is 46.1 Å². The summed E-state index contributed by atoms with van der Waals surface area (Å²) in [6.45, 7) is 11.5. The fourth-order valence-electron chi connectivity index (χ4n) is 3.12. The number of guanidine groups is 1. The van der Waals surface area contributed by atoms with Crippen molar-refractivity contribution in [3.05, 3.63) is 34.3 Å². The van der Waals surface area contributed by atoms with Crippen LogP contribution in [0, 0.1) is 0 Å². The van der Waals surface area contributed by atoms with Gasteiger partial charge in [0.05, 0.1) is 6.54 Å². The van der Waals surface area contributed by atoms with Crippen LogP contribution in [0.5, 0.6) is 0 Å². The van der Waals surface area contributed by atoms with Crippen LogP contribution in [0.3, 0.4) is 0 Å². The van der Waals surface area contributed by atoms with Crippen LogP contribution in [0.15, 0.2) is 33.7 Å². The van der Waals surface area contributed by atoms with Crippen LogP contribution in [-0.4, -0.2) is 49.0 Å². The van der Waals surface area contributed by atoms with Crippen molar-refractivity contribution >= 4 is 27.8 Å². The Labute approximate surface area is 165 Å². The van der Waals surface area contributed by atoms with Gasteiger partial charge in [0.2, 0.25) is 5.91 Å². The predicted molar refractivity (Wildman–Crippen MR) is 112 cm³/mol. The van der Waals surface area contributed by atoms with Crippen molar-refractivity contribution < 1.29 is 4.79 Å². The normalized spacial score (nSPS) is 18.1. The average molecular weight is 423 g/mol. The smallest absolute Gasteiger partial charge is 0.222 e. The van der Waals surface area contributed by atoms with E-state index >= 15 is 0 Å². The molecule has 0 aliphatic carbocycles. The highest BCUT2D eigenvalue weighted by Gasteiger charge is 2.26. The molecule has 1 aliphatic rings. The van der Waals surface area contributed by atoms with Gasteiger partial charge in [0.1, 0.15) is 0 Å². The second kappa shape index (κ2) is 9.40. The molecule has 6 heteroatoms. The second-order valence-electron chi connectivity index (χ2n) is 7.41. The summed E-state index contributed by atoms with van der Waals surface area (Å²) in [7, 11) is 0. The third-order valence-electron chi connectivity index (χ3n) is 4.77. The fourth-order valence-corrected chi connectivity index (χ4v) is 3.52. The number of benzene rings is 1. The van der Waals surface area contributed by atoms with Gasteiger partial charge in [0, 0.05) is 42.0 Å². The van der Waals surface area contributed by atoms with Crippen LogP contribution in [-0.2, 0) is 10.2 Å². The van der Waals surface area contributed by atoms with Gasteiger partial charge in [0.15, 0.2) is 5.96 Å². The Kier molecular flexibility index (Phi) is 7.50. The van der Waals surface area contributed by atoms with E-state index in [9.17, 15) is 4.79 Å². The van der Waals surface area contributed by atoms with Crippen molar-refractivity contribution in [1.82, 2.24) is 15.5 Å². The van der Waals surface area contributed by atoms with E-state index in [-0.39, 0.29) is 17.4 Å². The minimum absolute atomic E-state index is 0.0635. The van der Waals surface area contributed by atoms with Crippen LogP contribution in [0.2, 0.25) is 0 Å². The molecule has 1 saturated heterocycles. The largest absolute Gasteiger partial charge is 0.357 e. The van der Waals surface area contributed by atoms with E-state index in [4.69, 9.17) is 4.99 Å². The molecule has 1 amide bonds. The van der Waals surface area contributed by atoms with Gasteiger partial charge < -0.3 is 15.5 Å². The molecular formula is C20H31BrN4O. The topological polar surface area (TPSA) is 56.7 Å². The number of carbonyl (C=O) groups is 1. The van der Waals surface area contributed by atoms with E-state index in [0.29, 0.717) is 13.0 Å². The van der Waals surface area contributed by atoms with Gasteiger partial charge >= 0.3 is 0 Å². The zero-order chi connectivity index (χ0) is 19.2. The summed E-state index contributed by atoms with van der Waals surface area (Å²) >= 11 is 3.55. The molecule has 0 aromatic heterocycles. The van der Waals surface area contributed by atoms with Gasteiger partial charge in [-0.1, -0.05) is 48.8 Å². The lowest BCUT2D eigenvalue weighted by Crippen LogP contribution is -2.45. The van der Waals surface area contributed by atoms with Crippen molar-refractivity contribution in [3.8, 4) is 0 Å². The summed E-state index contributed by atoms with van der Waals surface area (Å²) < 4.78 is 1.09. The Morgan fingerprint density at radius 1 is 1.38 bits per heavy atom. The average Bonchev–Trinajstić information content (AvgIpc) is 3.08. The zero-order valence-corrected chi connectivity index (χ0v) is 17.9. The van der Waals surface area contributed by atoms with E-state index in [0.717, 1.165) is 36.5 Å². The summed E-state index contributed by atoms with van der Waals surface area (Å²) in [5.74, 6) is 1.05. The molecule has 26 heavy (non-hydrogen) atoms. The monoisotopic (exact) mass is 422 g/mol. The third-order valence-corrected chi connectivity index (χ3v) is 5.26. The first-order chi connectivity index (χ1) is 12.4. The molecule has 1 aromatic carbocycles. The van der Waals surface area contributed by atoms with Crippen LogP contribution in [0.4, 0.5) is 0 Å². The zero-order valence-electron chi connectivity index (χ0n) is 16.3. The van der Waals surface area contributed by atoms with Gasteiger partial charge in [-0.25, -0.2) is 0 Å². The number of rotatable bonds is 6. The minimum Gasteiger partial charge on any atom is -0.357 e. The summed E-state index contributed by atoms with van der Waals surface area (Å²) in [5.41, 5.74) is 1.19. The maximum Gasteiger partial charge on any atom is 0.222 e. The second-order valence-corrected chi connectivity index (χ2v) is 8.33. The highest BCUT2D eigenvalue weighted by atomic mass is 79.9. The van der Waals surface area contributed by atoms with E-state index < -0.39 is 0 Å². The summed E-state index contributed by atoms with van der Waals surface area (Å²) in [6, 6.07) is 8.66. The molecule has 1 unspecified atom stereocenters. The maximum atomic E-state index is 11.9. The lowest BCUT2D eigenvalue weighted by atomic mass is 9.85. The van der Waals surface area contributed by atoms with E-state index in [1.165, 1.54) is 5.56 Å². The third kappa shape index (κ3) is 5.73. The lowest BCUT2D eigenvalue weighted by Gasteiger charge is -2.25. The summed E-state index contributed by atoms with van der Waals surface area (Å²) in [6.07, 6.45) is 1.53. The van der Waals surface area contributed by atoms with Gasteiger partial charge in [-0.05, 0) is 31.0 Å². The molecule has 0 radical (unpaired) electrons. The number of carbonyl (C=O) groups excluding carboxylic acids is 1. The molecule has 1 atom stereocenters. The number of nitrogens with one attached hydrogen (secondary N) is 2. The number of amides is 1. The molecule has 1 heterocycles. The first-order valence-corrected chi connectivity index (χ1v) is 10.2. The molecule has 1 aromatic rings. The Hall–Kier alpha value is -1.56. The van der Waals surface area contributed by atoms with Gasteiger partial charge in [-0.2, -0.15) is 0 Å². The number of nitrogens with zero attached hydrogens (tertiary/aromatic N) is 2. The number of aliphatic imine (C=N–C) groups is 1. The number of hydrogen-bond acceptors (Lipinski definition) is 2. The van der Waals surface area contributed by atoms with Crippen molar-refractivity contribution in [2.45, 2.75) is 52.0 Å².